The van der Waals surface area contributed by atoms with Crippen molar-refractivity contribution >= 4 is 33.2 Å². The number of nitrogens with zero attached hydrogens (tertiary/aromatic N) is 3. The Hall–Kier alpha value is -0.740. The third-order valence-corrected chi connectivity index (χ3v) is 4.02. The Bertz CT molecular complexity index is 479. The van der Waals surface area contributed by atoms with Crippen molar-refractivity contribution in [3.05, 3.63) is 15.6 Å². The molecule has 0 fully saturated rings. The molecule has 13 heavy (non-hydrogen) atoms. The van der Waals surface area contributed by atoms with Crippen molar-refractivity contribution in [3.63, 3.8) is 0 Å². The summed E-state index contributed by atoms with van der Waals surface area (Å²) in [6.45, 7) is 0. The van der Waals surface area contributed by atoms with Gasteiger partial charge >= 0.3 is 0 Å². The Balaban J connectivity index is 2.44. The van der Waals surface area contributed by atoms with E-state index in [2.05, 4.69) is 15.4 Å². The standard InChI is InChI=1S/C8H6ClN3S/c9-8-7-6(10-12-11-8)4-2-1-3-5(4)13-7/h1-3H2. The number of fused-ring (bicyclic) bond motifs is 3. The van der Waals surface area contributed by atoms with E-state index in [9.17, 15) is 0 Å². The van der Waals surface area contributed by atoms with Crippen molar-refractivity contribution in [3.8, 4) is 0 Å². The molecule has 0 radical (unpaired) electrons. The molecule has 0 saturated heterocycles. The molecule has 3 rings (SSSR count). The summed E-state index contributed by atoms with van der Waals surface area (Å²) in [7, 11) is 0. The van der Waals surface area contributed by atoms with Crippen molar-refractivity contribution in [2.45, 2.75) is 19.3 Å². The summed E-state index contributed by atoms with van der Waals surface area (Å²) in [6, 6.07) is 0. The predicted octanol–water partition coefficient (Wildman–Crippen LogP) is 2.23. The maximum absolute atomic E-state index is 5.92. The van der Waals surface area contributed by atoms with Crippen LogP contribution >= 0.6 is 22.9 Å². The van der Waals surface area contributed by atoms with Crippen LogP contribution in [-0.2, 0) is 12.8 Å². The molecule has 5 heteroatoms. The highest BCUT2D eigenvalue weighted by Gasteiger charge is 2.20. The highest BCUT2D eigenvalue weighted by Crippen LogP contribution is 2.37. The third kappa shape index (κ3) is 0.988. The van der Waals surface area contributed by atoms with E-state index in [1.807, 2.05) is 0 Å². The van der Waals surface area contributed by atoms with E-state index in [1.54, 1.807) is 11.3 Å². The van der Waals surface area contributed by atoms with Crippen molar-refractivity contribution in [2.75, 3.05) is 0 Å². The topological polar surface area (TPSA) is 38.7 Å². The zero-order valence-corrected chi connectivity index (χ0v) is 8.32. The van der Waals surface area contributed by atoms with Gasteiger partial charge in [-0.3, -0.25) is 0 Å². The molecule has 0 bridgehead atoms. The molecule has 0 spiro atoms. The monoisotopic (exact) mass is 211 g/mol. The summed E-state index contributed by atoms with van der Waals surface area (Å²) in [5.41, 5.74) is 2.31. The average Bonchev–Trinajstić information content (AvgIpc) is 2.65. The van der Waals surface area contributed by atoms with Gasteiger partial charge in [-0.2, -0.15) is 0 Å². The minimum absolute atomic E-state index is 0.490. The molecule has 0 N–H and O–H groups in total. The summed E-state index contributed by atoms with van der Waals surface area (Å²) < 4.78 is 1.00. The molecule has 0 saturated carbocycles. The van der Waals surface area contributed by atoms with E-state index < -0.39 is 0 Å². The van der Waals surface area contributed by atoms with Crippen LogP contribution in [0.1, 0.15) is 16.9 Å². The number of hydrogen-bond acceptors (Lipinski definition) is 4. The Labute approximate surface area is 83.7 Å². The molecule has 2 heterocycles. The Morgan fingerprint density at radius 3 is 3.08 bits per heavy atom. The first-order chi connectivity index (χ1) is 6.36. The molecule has 66 valence electrons. The van der Waals surface area contributed by atoms with Crippen LogP contribution in [0.25, 0.3) is 10.2 Å². The zero-order chi connectivity index (χ0) is 8.84. The molecule has 1 aliphatic rings. The van der Waals surface area contributed by atoms with Crippen molar-refractivity contribution in [2.24, 2.45) is 0 Å². The van der Waals surface area contributed by atoms with Crippen molar-refractivity contribution < 1.29 is 0 Å². The molecule has 0 unspecified atom stereocenters. The summed E-state index contributed by atoms with van der Waals surface area (Å²) in [5.74, 6) is 0. The lowest BCUT2D eigenvalue weighted by Crippen LogP contribution is -1.88. The van der Waals surface area contributed by atoms with Crippen LogP contribution in [0.15, 0.2) is 0 Å². The van der Waals surface area contributed by atoms with Gasteiger partial charge < -0.3 is 0 Å². The smallest absolute Gasteiger partial charge is 0.135 e. The van der Waals surface area contributed by atoms with Gasteiger partial charge in [0, 0.05) is 4.88 Å². The highest BCUT2D eigenvalue weighted by atomic mass is 35.5. The van der Waals surface area contributed by atoms with Gasteiger partial charge in [-0.25, -0.2) is 0 Å². The Morgan fingerprint density at radius 1 is 1.23 bits per heavy atom. The minimum Gasteiger partial charge on any atom is -0.135 e. The summed E-state index contributed by atoms with van der Waals surface area (Å²) in [4.78, 5) is 1.42. The largest absolute Gasteiger partial charge is 0.172 e. The second-order valence-electron chi connectivity index (χ2n) is 3.12. The van der Waals surface area contributed by atoms with Gasteiger partial charge in [-0.05, 0) is 30.0 Å². The molecule has 0 aliphatic heterocycles. The number of thiophene rings is 1. The van der Waals surface area contributed by atoms with Gasteiger partial charge in [0.2, 0.25) is 0 Å². The first-order valence-electron chi connectivity index (χ1n) is 4.15. The summed E-state index contributed by atoms with van der Waals surface area (Å²) in [5, 5.41) is 11.9. The number of halogens is 1. The highest BCUT2D eigenvalue weighted by molar-refractivity contribution is 7.19. The van der Waals surface area contributed by atoms with Crippen molar-refractivity contribution in [1.29, 1.82) is 0 Å². The number of hydrogen-bond donors (Lipinski definition) is 0. The van der Waals surface area contributed by atoms with Gasteiger partial charge in [-0.1, -0.05) is 11.6 Å². The number of rotatable bonds is 0. The first-order valence-corrected chi connectivity index (χ1v) is 5.35. The molecule has 2 aromatic heterocycles. The van der Waals surface area contributed by atoms with E-state index in [0.29, 0.717) is 5.15 Å². The molecule has 0 aromatic carbocycles. The SMILES string of the molecule is Clc1nnnc2c3c(sc12)CCC3. The lowest BCUT2D eigenvalue weighted by Gasteiger charge is -1.91. The quantitative estimate of drug-likeness (QED) is 0.671. The van der Waals surface area contributed by atoms with E-state index in [4.69, 9.17) is 11.6 Å². The minimum atomic E-state index is 0.490. The molecule has 1 aliphatic carbocycles. The van der Waals surface area contributed by atoms with Crippen LogP contribution in [0, 0.1) is 0 Å². The van der Waals surface area contributed by atoms with Crippen LogP contribution in [0.2, 0.25) is 5.15 Å². The lowest BCUT2D eigenvalue weighted by atomic mass is 10.2. The summed E-state index contributed by atoms with van der Waals surface area (Å²) in [6.07, 6.45) is 3.51. The third-order valence-electron chi connectivity index (χ3n) is 2.36. The van der Waals surface area contributed by atoms with Gasteiger partial charge in [0.25, 0.3) is 0 Å². The molecule has 0 atom stereocenters. The van der Waals surface area contributed by atoms with Crippen LogP contribution in [0.3, 0.4) is 0 Å². The van der Waals surface area contributed by atoms with Gasteiger partial charge in [0.15, 0.2) is 5.15 Å². The second-order valence-corrected chi connectivity index (χ2v) is 4.58. The Morgan fingerprint density at radius 2 is 2.15 bits per heavy atom. The van der Waals surface area contributed by atoms with E-state index in [0.717, 1.165) is 23.1 Å². The van der Waals surface area contributed by atoms with Gasteiger partial charge in [-0.15, -0.1) is 21.5 Å². The van der Waals surface area contributed by atoms with Gasteiger partial charge in [0.05, 0.1) is 4.70 Å². The fourth-order valence-corrected chi connectivity index (χ4v) is 3.22. The molecule has 2 aromatic rings. The molecule has 0 amide bonds. The van der Waals surface area contributed by atoms with E-state index >= 15 is 0 Å². The zero-order valence-electron chi connectivity index (χ0n) is 6.75. The number of aryl methyl sites for hydroxylation is 2. The van der Waals surface area contributed by atoms with Crippen LogP contribution in [0.4, 0.5) is 0 Å². The maximum Gasteiger partial charge on any atom is 0.172 e. The fourth-order valence-electron chi connectivity index (χ4n) is 1.79. The maximum atomic E-state index is 5.92. The lowest BCUT2D eigenvalue weighted by molar-refractivity contribution is 0.885. The van der Waals surface area contributed by atoms with E-state index in [1.165, 1.54) is 16.9 Å². The first kappa shape index (κ1) is 7.64. The second kappa shape index (κ2) is 2.62. The van der Waals surface area contributed by atoms with Crippen LogP contribution in [-0.4, -0.2) is 15.4 Å². The molecule has 3 nitrogen and oxygen atoms in total. The van der Waals surface area contributed by atoms with E-state index in [-0.39, 0.29) is 0 Å². The predicted molar refractivity (Wildman–Crippen MR) is 52.2 cm³/mol. The van der Waals surface area contributed by atoms with Gasteiger partial charge in [0.1, 0.15) is 5.52 Å². The Kier molecular flexibility index (Phi) is 1.54. The molecular formula is C8H6ClN3S. The average molecular weight is 212 g/mol. The van der Waals surface area contributed by atoms with Crippen LogP contribution in [0.5, 0.6) is 0 Å². The summed E-state index contributed by atoms with van der Waals surface area (Å²) >= 11 is 7.64. The fraction of sp³-hybridized carbons (Fsp3) is 0.375. The molecular weight excluding hydrogens is 206 g/mol. The normalized spacial score (nSPS) is 15.2. The van der Waals surface area contributed by atoms with Crippen LogP contribution < -0.4 is 0 Å². The number of aromatic nitrogens is 3. The van der Waals surface area contributed by atoms with Crippen molar-refractivity contribution in [1.82, 2.24) is 15.4 Å².